The third kappa shape index (κ3) is 4.35. The Morgan fingerprint density at radius 2 is 1.95 bits per heavy atom. The fourth-order valence-electron chi connectivity index (χ4n) is 2.00. The maximum absolute atomic E-state index is 12.3. The molecule has 120 valence electrons. The molecule has 1 aromatic carbocycles. The van der Waals surface area contributed by atoms with Gasteiger partial charge >= 0.3 is 0 Å². The number of halogens is 1. The van der Waals surface area contributed by atoms with Crippen molar-refractivity contribution in [1.29, 1.82) is 0 Å². The molecule has 1 heterocycles. The van der Waals surface area contributed by atoms with Crippen LogP contribution in [0.15, 0.2) is 35.1 Å². The number of nitrogens with one attached hydrogen (secondary N) is 1. The second kappa shape index (κ2) is 6.74. The molecular formula is C16H22BrN3OS. The van der Waals surface area contributed by atoms with Crippen molar-refractivity contribution in [3.05, 3.63) is 40.6 Å². The second-order valence-corrected chi connectivity index (χ2v) is 9.31. The Hall–Kier alpha value is -0.820. The number of hydrogen-bond donors (Lipinski definition) is 1. The average Bonchev–Trinajstić information content (AvgIpc) is 2.83. The predicted octanol–water partition coefficient (Wildman–Crippen LogP) is 3.96. The Kier molecular flexibility index (Phi) is 5.37. The summed E-state index contributed by atoms with van der Waals surface area (Å²) in [5.41, 5.74) is 3.24. The molecule has 2 rings (SSSR count). The highest BCUT2D eigenvalue weighted by molar-refractivity contribution is 9.10. The van der Waals surface area contributed by atoms with E-state index in [9.17, 15) is 4.55 Å². The first-order chi connectivity index (χ1) is 10.2. The zero-order valence-corrected chi connectivity index (χ0v) is 16.0. The van der Waals surface area contributed by atoms with Crippen molar-refractivity contribution in [2.75, 3.05) is 0 Å². The summed E-state index contributed by atoms with van der Waals surface area (Å²) in [5, 5.41) is 4.21. The Morgan fingerprint density at radius 1 is 1.27 bits per heavy atom. The van der Waals surface area contributed by atoms with Crippen LogP contribution < -0.4 is 4.72 Å². The molecule has 1 unspecified atom stereocenters. The molecule has 0 aliphatic heterocycles. The van der Waals surface area contributed by atoms with Crippen molar-refractivity contribution in [3.63, 3.8) is 0 Å². The molecule has 0 spiro atoms. The summed E-state index contributed by atoms with van der Waals surface area (Å²) >= 11 is 2.46. The molecule has 4 nitrogen and oxygen atoms in total. The predicted molar refractivity (Wildman–Crippen MR) is 95.8 cm³/mol. The van der Waals surface area contributed by atoms with E-state index in [-0.39, 0.29) is 10.8 Å². The van der Waals surface area contributed by atoms with Gasteiger partial charge in [-0.15, -0.1) is 4.72 Å². The maximum Gasteiger partial charge on any atom is 0.136 e. The maximum atomic E-state index is 12.3. The molecule has 0 saturated heterocycles. The van der Waals surface area contributed by atoms with Crippen LogP contribution in [0.5, 0.6) is 0 Å². The molecule has 0 fully saturated rings. The quantitative estimate of drug-likeness (QED) is 0.812. The van der Waals surface area contributed by atoms with Gasteiger partial charge in [-0.1, -0.05) is 15.9 Å². The lowest BCUT2D eigenvalue weighted by atomic mass is 10.0. The minimum Gasteiger partial charge on any atom is -0.598 e. The summed E-state index contributed by atoms with van der Waals surface area (Å²) < 4.78 is 17.9. The van der Waals surface area contributed by atoms with Crippen LogP contribution in [-0.4, -0.2) is 19.1 Å². The third-order valence-electron chi connectivity index (χ3n) is 3.30. The molecule has 2 atom stereocenters. The van der Waals surface area contributed by atoms with Crippen LogP contribution in [0.2, 0.25) is 0 Å². The summed E-state index contributed by atoms with van der Waals surface area (Å²) in [5.74, 6) is 0. The van der Waals surface area contributed by atoms with Crippen LogP contribution in [0.1, 0.15) is 39.3 Å². The number of hydrogen-bond acceptors (Lipinski definition) is 3. The first-order valence-electron chi connectivity index (χ1n) is 7.14. The smallest absolute Gasteiger partial charge is 0.136 e. The first kappa shape index (κ1) is 17.5. The van der Waals surface area contributed by atoms with Crippen molar-refractivity contribution in [2.45, 2.75) is 38.5 Å². The van der Waals surface area contributed by atoms with Crippen LogP contribution in [-0.2, 0) is 18.4 Å². The zero-order chi connectivity index (χ0) is 16.5. The van der Waals surface area contributed by atoms with Gasteiger partial charge in [-0.05, 0) is 57.0 Å². The van der Waals surface area contributed by atoms with E-state index in [0.717, 1.165) is 21.2 Å². The Bertz CT molecular complexity index is 651. The van der Waals surface area contributed by atoms with Crippen molar-refractivity contribution < 1.29 is 4.55 Å². The number of rotatable bonds is 4. The normalized spacial score (nSPS) is 14.9. The molecule has 6 heteroatoms. The van der Waals surface area contributed by atoms with Gasteiger partial charge in [0.15, 0.2) is 0 Å². The van der Waals surface area contributed by atoms with Gasteiger partial charge in [0.25, 0.3) is 0 Å². The van der Waals surface area contributed by atoms with Crippen LogP contribution in [0.3, 0.4) is 0 Å². The van der Waals surface area contributed by atoms with Crippen molar-refractivity contribution in [2.24, 2.45) is 7.05 Å². The fourth-order valence-corrected chi connectivity index (χ4v) is 3.33. The van der Waals surface area contributed by atoms with E-state index in [4.69, 9.17) is 0 Å². The summed E-state index contributed by atoms with van der Waals surface area (Å²) in [4.78, 5) is 0. The van der Waals surface area contributed by atoms with Gasteiger partial charge in [-0.2, -0.15) is 5.10 Å². The molecule has 1 N–H and O–H groups in total. The van der Waals surface area contributed by atoms with E-state index in [1.54, 1.807) is 4.68 Å². The van der Waals surface area contributed by atoms with E-state index >= 15 is 0 Å². The second-order valence-electron chi connectivity index (χ2n) is 6.40. The molecule has 1 aromatic heterocycles. The monoisotopic (exact) mass is 383 g/mol. The Labute approximate surface area is 143 Å². The van der Waals surface area contributed by atoms with Crippen molar-refractivity contribution in [3.8, 4) is 11.1 Å². The topological polar surface area (TPSA) is 52.9 Å². The van der Waals surface area contributed by atoms with Gasteiger partial charge in [-0.3, -0.25) is 4.68 Å². The Morgan fingerprint density at radius 3 is 2.50 bits per heavy atom. The van der Waals surface area contributed by atoms with Gasteiger partial charge in [0.05, 0.1) is 12.2 Å². The molecule has 2 aromatic rings. The van der Waals surface area contributed by atoms with E-state index in [1.807, 2.05) is 47.1 Å². The number of benzene rings is 1. The molecule has 0 saturated carbocycles. The van der Waals surface area contributed by atoms with E-state index in [2.05, 4.69) is 43.9 Å². The standard InChI is InChI=1S/C16H22BrN3OS/c1-11(19-22(21)16(2,3)4)12-6-13(8-15(17)7-12)14-9-18-20(5)10-14/h6-11,19H,1-5H3/t11-,22?/m1/s1. The van der Waals surface area contributed by atoms with E-state index in [1.165, 1.54) is 0 Å². The summed E-state index contributed by atoms with van der Waals surface area (Å²) in [6, 6.07) is 6.22. The SMILES string of the molecule is C[C@@H](N[S+]([O-])C(C)(C)C)c1cc(Br)cc(-c2cnn(C)c2)c1. The Balaban J connectivity index is 2.26. The first-order valence-corrected chi connectivity index (χ1v) is 9.08. The van der Waals surface area contributed by atoms with Gasteiger partial charge in [0, 0.05) is 34.6 Å². The zero-order valence-electron chi connectivity index (χ0n) is 13.6. The lowest BCUT2D eigenvalue weighted by molar-refractivity contribution is 0.531. The van der Waals surface area contributed by atoms with Gasteiger partial charge in [0.2, 0.25) is 0 Å². The lowest BCUT2D eigenvalue weighted by Crippen LogP contribution is -2.40. The third-order valence-corrected chi connectivity index (χ3v) is 5.44. The molecule has 22 heavy (non-hydrogen) atoms. The molecular weight excluding hydrogens is 362 g/mol. The highest BCUT2D eigenvalue weighted by atomic mass is 79.9. The summed E-state index contributed by atoms with van der Waals surface area (Å²) in [6.07, 6.45) is 3.83. The number of nitrogens with zero attached hydrogens (tertiary/aromatic N) is 2. The lowest BCUT2D eigenvalue weighted by Gasteiger charge is -2.26. The molecule has 0 aliphatic rings. The van der Waals surface area contributed by atoms with Crippen molar-refractivity contribution in [1.82, 2.24) is 14.5 Å². The van der Waals surface area contributed by atoms with Crippen LogP contribution in [0.4, 0.5) is 0 Å². The van der Waals surface area contributed by atoms with Gasteiger partial charge < -0.3 is 4.55 Å². The van der Waals surface area contributed by atoms with Crippen molar-refractivity contribution >= 4 is 27.3 Å². The van der Waals surface area contributed by atoms with Crippen LogP contribution >= 0.6 is 15.9 Å². The van der Waals surface area contributed by atoms with E-state index in [0.29, 0.717) is 0 Å². The number of aromatic nitrogens is 2. The molecule has 0 aliphatic carbocycles. The minimum absolute atomic E-state index is 0.00650. The highest BCUT2D eigenvalue weighted by Crippen LogP contribution is 2.28. The van der Waals surface area contributed by atoms with Crippen LogP contribution in [0.25, 0.3) is 11.1 Å². The largest absolute Gasteiger partial charge is 0.598 e. The van der Waals surface area contributed by atoms with E-state index < -0.39 is 11.4 Å². The highest BCUT2D eigenvalue weighted by Gasteiger charge is 2.28. The van der Waals surface area contributed by atoms with Gasteiger partial charge in [-0.25, -0.2) is 0 Å². The minimum atomic E-state index is -1.10. The molecule has 0 bridgehead atoms. The molecule has 0 amide bonds. The number of aryl methyl sites for hydroxylation is 1. The van der Waals surface area contributed by atoms with Crippen LogP contribution in [0, 0.1) is 0 Å². The average molecular weight is 384 g/mol. The summed E-state index contributed by atoms with van der Waals surface area (Å²) in [6.45, 7) is 7.92. The molecule has 0 radical (unpaired) electrons. The van der Waals surface area contributed by atoms with Gasteiger partial charge in [0.1, 0.15) is 4.75 Å². The summed E-state index contributed by atoms with van der Waals surface area (Å²) in [7, 11) is 1.90. The fraction of sp³-hybridized carbons (Fsp3) is 0.438.